The molecule has 1 aliphatic carbocycles. The predicted octanol–water partition coefficient (Wildman–Crippen LogP) is 3.05. The highest BCUT2D eigenvalue weighted by molar-refractivity contribution is 6.09. The summed E-state index contributed by atoms with van der Waals surface area (Å²) >= 11 is 0. The van der Waals surface area contributed by atoms with Crippen molar-refractivity contribution in [3.05, 3.63) is 82.2 Å². The molecule has 11 nitrogen and oxygen atoms in total. The third-order valence-corrected chi connectivity index (χ3v) is 8.19. The Bertz CT molecular complexity index is 1690. The molecule has 0 bridgehead atoms. The van der Waals surface area contributed by atoms with Crippen LogP contribution >= 0.6 is 0 Å². The van der Waals surface area contributed by atoms with Gasteiger partial charge in [0.1, 0.15) is 11.6 Å². The maximum absolute atomic E-state index is 15.2. The number of hydrogen-bond acceptors (Lipinski definition) is 10. The van der Waals surface area contributed by atoms with Crippen molar-refractivity contribution in [3.63, 3.8) is 0 Å². The molecule has 4 heterocycles. The van der Waals surface area contributed by atoms with Crippen LogP contribution in [0, 0.1) is 5.82 Å². The molecule has 2 aromatic heterocycles. The molecule has 2 aliphatic heterocycles. The molecule has 0 atom stereocenters. The first-order chi connectivity index (χ1) is 21.0. The van der Waals surface area contributed by atoms with E-state index in [0.717, 1.165) is 42.6 Å². The van der Waals surface area contributed by atoms with Gasteiger partial charge >= 0.3 is 0 Å². The lowest BCUT2D eigenvalue weighted by Gasteiger charge is -2.31. The highest BCUT2D eigenvalue weighted by Crippen LogP contribution is 2.42. The second-order valence-electron chi connectivity index (χ2n) is 11.1. The van der Waals surface area contributed by atoms with Crippen molar-refractivity contribution in [2.45, 2.75) is 38.2 Å². The van der Waals surface area contributed by atoms with Crippen LogP contribution in [0.3, 0.4) is 0 Å². The van der Waals surface area contributed by atoms with Crippen LogP contribution in [0.2, 0.25) is 0 Å². The Hall–Kier alpha value is -4.55. The van der Waals surface area contributed by atoms with Gasteiger partial charge in [-0.2, -0.15) is 9.97 Å². The Morgan fingerprint density at radius 2 is 1.84 bits per heavy atom. The number of hydrogen-bond donors (Lipinski definition) is 2. The van der Waals surface area contributed by atoms with Crippen LogP contribution in [0.4, 0.5) is 22.0 Å². The first-order valence-electron chi connectivity index (χ1n) is 14.5. The van der Waals surface area contributed by atoms with E-state index in [1.54, 1.807) is 30.6 Å². The molecule has 1 saturated carbocycles. The summed E-state index contributed by atoms with van der Waals surface area (Å²) in [5, 5.41) is 10.5. The van der Waals surface area contributed by atoms with Gasteiger partial charge in [-0.05, 0) is 54.0 Å². The average molecular weight is 583 g/mol. The Morgan fingerprint density at radius 1 is 1.05 bits per heavy atom. The summed E-state index contributed by atoms with van der Waals surface area (Å²) in [6, 6.07) is 8.74. The van der Waals surface area contributed by atoms with E-state index in [4.69, 9.17) is 10.5 Å². The minimum Gasteiger partial charge on any atom is -0.392 e. The Kier molecular flexibility index (Phi) is 7.15. The average Bonchev–Trinajstić information content (AvgIpc) is 3.87. The number of carbonyl (C=O) groups is 1. The van der Waals surface area contributed by atoms with Gasteiger partial charge in [0.25, 0.3) is 5.91 Å². The number of anilines is 3. The van der Waals surface area contributed by atoms with E-state index in [1.165, 1.54) is 11.0 Å². The second kappa shape index (κ2) is 11.3. The van der Waals surface area contributed by atoms with E-state index in [1.807, 2.05) is 6.07 Å². The third-order valence-electron chi connectivity index (χ3n) is 8.19. The van der Waals surface area contributed by atoms with Gasteiger partial charge in [0.05, 0.1) is 31.1 Å². The number of morpholine rings is 1. The topological polar surface area (TPSA) is 143 Å². The molecule has 7 rings (SSSR count). The molecule has 0 radical (unpaired) electrons. The van der Waals surface area contributed by atoms with Gasteiger partial charge in [-0.15, -0.1) is 0 Å². The van der Waals surface area contributed by atoms with E-state index >= 15 is 4.39 Å². The molecular formula is C31H31FN8O3. The summed E-state index contributed by atoms with van der Waals surface area (Å²) in [6.07, 6.45) is 6.43. The van der Waals surface area contributed by atoms with E-state index in [2.05, 4.69) is 29.8 Å². The van der Waals surface area contributed by atoms with Gasteiger partial charge in [-0.25, -0.2) is 19.3 Å². The minimum atomic E-state index is -0.493. The summed E-state index contributed by atoms with van der Waals surface area (Å²) in [6.45, 7) is 2.75. The Morgan fingerprint density at radius 3 is 2.58 bits per heavy atom. The number of benzene rings is 2. The van der Waals surface area contributed by atoms with E-state index < -0.39 is 11.7 Å². The maximum atomic E-state index is 15.2. The largest absolute Gasteiger partial charge is 0.392 e. The summed E-state index contributed by atoms with van der Waals surface area (Å²) in [5.74, 6) is 0.824. The second-order valence-corrected chi connectivity index (χ2v) is 11.1. The fourth-order valence-corrected chi connectivity index (χ4v) is 5.86. The summed E-state index contributed by atoms with van der Waals surface area (Å²) in [5.41, 5.74) is 10.1. The lowest BCUT2D eigenvalue weighted by atomic mass is 9.93. The number of amides is 1. The minimum absolute atomic E-state index is 0.0247. The number of nitrogen functional groups attached to an aromatic ring is 1. The molecule has 3 N–H and O–H groups in total. The van der Waals surface area contributed by atoms with Gasteiger partial charge in [0.2, 0.25) is 11.9 Å². The fourth-order valence-electron chi connectivity index (χ4n) is 5.86. The zero-order valence-electron chi connectivity index (χ0n) is 23.5. The number of nitrogens with two attached hydrogens (primary N) is 1. The fraction of sp³-hybridized carbons (Fsp3) is 0.355. The molecule has 4 aromatic rings. The van der Waals surface area contributed by atoms with E-state index in [9.17, 15) is 9.90 Å². The zero-order chi connectivity index (χ0) is 29.5. The summed E-state index contributed by atoms with van der Waals surface area (Å²) in [7, 11) is 0. The number of aliphatic hydroxyl groups excluding tert-OH is 1. The van der Waals surface area contributed by atoms with E-state index in [-0.39, 0.29) is 23.9 Å². The first-order valence-corrected chi connectivity index (χ1v) is 14.5. The molecule has 43 heavy (non-hydrogen) atoms. The molecule has 12 heteroatoms. The third kappa shape index (κ3) is 5.39. The molecule has 0 spiro atoms. The van der Waals surface area contributed by atoms with E-state index in [0.29, 0.717) is 67.1 Å². The summed E-state index contributed by atoms with van der Waals surface area (Å²) < 4.78 is 20.6. The van der Waals surface area contributed by atoms with Crippen molar-refractivity contribution in [2.75, 3.05) is 48.4 Å². The van der Waals surface area contributed by atoms with Gasteiger partial charge < -0.3 is 25.4 Å². The van der Waals surface area contributed by atoms with Crippen molar-refractivity contribution in [3.8, 4) is 11.4 Å². The van der Waals surface area contributed by atoms with Crippen LogP contribution in [0.15, 0.2) is 42.7 Å². The van der Waals surface area contributed by atoms with Crippen molar-refractivity contribution in [1.29, 1.82) is 0 Å². The number of fused-ring (bicyclic) bond motifs is 1. The quantitative estimate of drug-likeness (QED) is 0.334. The monoisotopic (exact) mass is 582 g/mol. The van der Waals surface area contributed by atoms with Crippen LogP contribution in [-0.2, 0) is 24.2 Å². The molecular weight excluding hydrogens is 551 g/mol. The van der Waals surface area contributed by atoms with Gasteiger partial charge in [-0.1, -0.05) is 18.2 Å². The number of aliphatic hydroxyl groups is 1. The van der Waals surface area contributed by atoms with Crippen LogP contribution in [0.5, 0.6) is 0 Å². The van der Waals surface area contributed by atoms with Crippen molar-refractivity contribution < 1.29 is 19.0 Å². The highest BCUT2D eigenvalue weighted by Gasteiger charge is 2.33. The number of halogens is 1. The van der Waals surface area contributed by atoms with Gasteiger partial charge in [0, 0.05) is 49.6 Å². The number of rotatable bonds is 7. The smallest absolute Gasteiger partial charge is 0.261 e. The molecule has 2 fully saturated rings. The van der Waals surface area contributed by atoms with Crippen LogP contribution in [0.25, 0.3) is 11.4 Å². The zero-order valence-corrected chi connectivity index (χ0v) is 23.5. The predicted molar refractivity (Wildman–Crippen MR) is 157 cm³/mol. The van der Waals surface area contributed by atoms with Gasteiger partial charge in [0.15, 0.2) is 5.82 Å². The molecule has 1 saturated heterocycles. The number of nitrogens with zero attached hydrogens (tertiary/aromatic N) is 7. The SMILES string of the molecule is Nc1nc(Cc2cnc(N3CCOCC3)nc2)nc(-c2cccc(N3CCc4cc(C5CC5)cc(F)c4C3=O)c2CO)n1. The summed E-state index contributed by atoms with van der Waals surface area (Å²) in [4.78, 5) is 39.5. The molecule has 0 unspecified atom stereocenters. The molecule has 1 amide bonds. The maximum Gasteiger partial charge on any atom is 0.261 e. The first kappa shape index (κ1) is 27.3. The van der Waals surface area contributed by atoms with Crippen LogP contribution < -0.4 is 15.5 Å². The standard InChI is InChI=1S/C31H31FN8O3/c32-24-14-21(19-4-5-19)13-20-6-7-40(29(42)27(20)24)25-3-1-2-22(23(25)17-41)28-36-26(37-30(33)38-28)12-18-15-34-31(35-16-18)39-8-10-43-11-9-39/h1-3,13-16,19,41H,4-12,17H2,(H2,33,36,37,38). The number of carbonyl (C=O) groups excluding carboxylic acids is 1. The van der Waals surface area contributed by atoms with Crippen molar-refractivity contribution in [1.82, 2.24) is 24.9 Å². The molecule has 220 valence electrons. The molecule has 2 aromatic carbocycles. The van der Waals surface area contributed by atoms with Crippen molar-refractivity contribution in [2.24, 2.45) is 0 Å². The number of aromatic nitrogens is 5. The van der Waals surface area contributed by atoms with Crippen LogP contribution in [-0.4, -0.2) is 68.8 Å². The lowest BCUT2D eigenvalue weighted by molar-refractivity contribution is 0.0976. The normalized spacial score (nSPS) is 16.8. The molecule has 3 aliphatic rings. The number of ether oxygens (including phenoxy) is 1. The Labute approximate surface area is 247 Å². The van der Waals surface area contributed by atoms with Gasteiger partial charge in [-0.3, -0.25) is 4.79 Å². The Balaban J connectivity index is 1.17. The van der Waals surface area contributed by atoms with Crippen LogP contribution in [0.1, 0.15) is 57.2 Å². The highest BCUT2D eigenvalue weighted by atomic mass is 19.1. The van der Waals surface area contributed by atoms with Crippen molar-refractivity contribution >= 4 is 23.5 Å². The lowest BCUT2D eigenvalue weighted by Crippen LogP contribution is -2.39.